The van der Waals surface area contributed by atoms with Crippen molar-refractivity contribution in [1.82, 2.24) is 5.32 Å². The molecule has 0 aromatic heterocycles. The predicted molar refractivity (Wildman–Crippen MR) is 52.9 cm³/mol. The van der Waals surface area contributed by atoms with Crippen LogP contribution in [0.1, 0.15) is 26.2 Å². The first-order valence-corrected chi connectivity index (χ1v) is 4.75. The maximum Gasteiger partial charge on any atom is 0.308 e. The van der Waals surface area contributed by atoms with Crippen molar-refractivity contribution in [2.24, 2.45) is 11.7 Å². The number of carbonyl (C=O) groups is 3. The molecule has 6 heteroatoms. The SMILES string of the molecule is CCCC(N)=O.O=C1CC(C(=O)O)CN1. The van der Waals surface area contributed by atoms with Crippen LogP contribution >= 0.6 is 0 Å². The number of nitrogens with one attached hydrogen (secondary N) is 1. The van der Waals surface area contributed by atoms with Crippen LogP contribution in [0.4, 0.5) is 0 Å². The second-order valence-corrected chi connectivity index (χ2v) is 3.26. The van der Waals surface area contributed by atoms with Gasteiger partial charge >= 0.3 is 5.97 Å². The van der Waals surface area contributed by atoms with E-state index < -0.39 is 11.9 Å². The number of aliphatic carboxylic acids is 1. The summed E-state index contributed by atoms with van der Waals surface area (Å²) >= 11 is 0. The number of hydrogen-bond donors (Lipinski definition) is 3. The summed E-state index contributed by atoms with van der Waals surface area (Å²) in [4.78, 5) is 30.4. The number of amides is 2. The first-order valence-electron chi connectivity index (χ1n) is 4.75. The minimum absolute atomic E-state index is 0.134. The zero-order valence-corrected chi connectivity index (χ0v) is 8.66. The van der Waals surface area contributed by atoms with E-state index in [9.17, 15) is 14.4 Å². The molecule has 6 nitrogen and oxygen atoms in total. The van der Waals surface area contributed by atoms with Gasteiger partial charge in [-0.25, -0.2) is 0 Å². The van der Waals surface area contributed by atoms with Gasteiger partial charge in [-0.2, -0.15) is 0 Å². The van der Waals surface area contributed by atoms with E-state index >= 15 is 0 Å². The van der Waals surface area contributed by atoms with Crippen LogP contribution in [0.3, 0.4) is 0 Å². The summed E-state index contributed by atoms with van der Waals surface area (Å²) in [7, 11) is 0. The fourth-order valence-electron chi connectivity index (χ4n) is 1.03. The molecule has 1 atom stereocenters. The summed E-state index contributed by atoms with van der Waals surface area (Å²) in [6, 6.07) is 0. The molecule has 0 aliphatic carbocycles. The van der Waals surface area contributed by atoms with Gasteiger partial charge in [0.25, 0.3) is 0 Å². The van der Waals surface area contributed by atoms with Crippen LogP contribution in [0.25, 0.3) is 0 Å². The number of carboxylic acids is 1. The Morgan fingerprint density at radius 2 is 2.20 bits per heavy atom. The molecular formula is C9H16N2O4. The van der Waals surface area contributed by atoms with Crippen molar-refractivity contribution >= 4 is 17.8 Å². The van der Waals surface area contributed by atoms with Crippen molar-refractivity contribution in [3.8, 4) is 0 Å². The van der Waals surface area contributed by atoms with Crippen LogP contribution in [0.15, 0.2) is 0 Å². The first-order chi connectivity index (χ1) is 6.97. The highest BCUT2D eigenvalue weighted by atomic mass is 16.4. The molecule has 0 aromatic carbocycles. The minimum Gasteiger partial charge on any atom is -0.481 e. The minimum atomic E-state index is -0.895. The Labute approximate surface area is 87.8 Å². The summed E-state index contributed by atoms with van der Waals surface area (Å²) in [5.74, 6) is -1.77. The van der Waals surface area contributed by atoms with Gasteiger partial charge in [-0.05, 0) is 6.42 Å². The van der Waals surface area contributed by atoms with Crippen LogP contribution in [0.5, 0.6) is 0 Å². The lowest BCUT2D eigenvalue weighted by atomic mass is 10.1. The van der Waals surface area contributed by atoms with Crippen molar-refractivity contribution in [2.75, 3.05) is 6.54 Å². The molecule has 0 saturated carbocycles. The zero-order chi connectivity index (χ0) is 11.8. The topological polar surface area (TPSA) is 109 Å². The van der Waals surface area contributed by atoms with Gasteiger partial charge in [0.15, 0.2) is 0 Å². The highest BCUT2D eigenvalue weighted by molar-refractivity contribution is 5.85. The van der Waals surface area contributed by atoms with Crippen LogP contribution < -0.4 is 11.1 Å². The standard InChI is InChI=1S/C5H7NO3.C4H9NO/c7-4-1-3(2-6-4)5(8)9;1-2-3-4(5)6/h3H,1-2H2,(H,6,7)(H,8,9);2-3H2,1H3,(H2,5,6). The van der Waals surface area contributed by atoms with Gasteiger partial charge < -0.3 is 16.2 Å². The number of hydrogen-bond acceptors (Lipinski definition) is 3. The molecule has 1 heterocycles. The molecule has 2 amide bonds. The lowest BCUT2D eigenvalue weighted by Crippen LogP contribution is -2.17. The predicted octanol–water partition coefficient (Wildman–Crippen LogP) is -0.521. The Hall–Kier alpha value is -1.59. The van der Waals surface area contributed by atoms with E-state index in [1.807, 2.05) is 6.92 Å². The van der Waals surface area contributed by atoms with Gasteiger partial charge in [0.2, 0.25) is 11.8 Å². The summed E-state index contributed by atoms with van der Waals surface area (Å²) in [6.45, 7) is 2.21. The second kappa shape index (κ2) is 6.80. The summed E-state index contributed by atoms with van der Waals surface area (Å²) in [5.41, 5.74) is 4.76. The molecule has 1 saturated heterocycles. The Morgan fingerprint density at radius 3 is 2.33 bits per heavy atom. The largest absolute Gasteiger partial charge is 0.481 e. The Balaban J connectivity index is 0.000000288. The van der Waals surface area contributed by atoms with Crippen molar-refractivity contribution in [1.29, 1.82) is 0 Å². The lowest BCUT2D eigenvalue weighted by molar-refractivity contribution is -0.141. The van der Waals surface area contributed by atoms with Gasteiger partial charge in [0, 0.05) is 19.4 Å². The third-order valence-corrected chi connectivity index (χ3v) is 1.82. The zero-order valence-electron chi connectivity index (χ0n) is 8.66. The number of nitrogens with two attached hydrogens (primary N) is 1. The lowest BCUT2D eigenvalue weighted by Gasteiger charge is -1.95. The molecule has 1 unspecified atom stereocenters. The Morgan fingerprint density at radius 1 is 1.60 bits per heavy atom. The molecule has 4 N–H and O–H groups in total. The summed E-state index contributed by atoms with van der Waals surface area (Å²) in [6.07, 6.45) is 1.50. The van der Waals surface area contributed by atoms with Crippen LogP contribution in [-0.2, 0) is 14.4 Å². The van der Waals surface area contributed by atoms with E-state index in [0.717, 1.165) is 6.42 Å². The Kier molecular flexibility index (Phi) is 6.08. The Bertz CT molecular complexity index is 252. The maximum absolute atomic E-state index is 10.4. The first kappa shape index (κ1) is 13.4. The second-order valence-electron chi connectivity index (χ2n) is 3.26. The molecule has 0 radical (unpaired) electrons. The molecular weight excluding hydrogens is 200 g/mol. The van der Waals surface area contributed by atoms with Crippen LogP contribution in [-0.4, -0.2) is 29.4 Å². The monoisotopic (exact) mass is 216 g/mol. The maximum atomic E-state index is 10.4. The molecule has 15 heavy (non-hydrogen) atoms. The smallest absolute Gasteiger partial charge is 0.308 e. The normalized spacial score (nSPS) is 18.7. The number of carbonyl (C=O) groups excluding carboxylic acids is 2. The molecule has 1 fully saturated rings. The average Bonchev–Trinajstić information content (AvgIpc) is 2.52. The quantitative estimate of drug-likeness (QED) is 0.589. The van der Waals surface area contributed by atoms with Gasteiger partial charge in [0.05, 0.1) is 5.92 Å². The van der Waals surface area contributed by atoms with Crippen LogP contribution in [0.2, 0.25) is 0 Å². The number of carboxylic acid groups (broad SMARTS) is 1. The van der Waals surface area contributed by atoms with Gasteiger partial charge in [-0.1, -0.05) is 6.92 Å². The number of primary amides is 1. The van der Waals surface area contributed by atoms with Gasteiger partial charge in [0.1, 0.15) is 0 Å². The molecule has 1 aliphatic heterocycles. The molecule has 1 aliphatic rings. The summed E-state index contributed by atoms with van der Waals surface area (Å²) < 4.78 is 0. The van der Waals surface area contributed by atoms with E-state index in [0.29, 0.717) is 6.42 Å². The van der Waals surface area contributed by atoms with Crippen molar-refractivity contribution < 1.29 is 19.5 Å². The molecule has 0 bridgehead atoms. The molecule has 86 valence electrons. The van der Waals surface area contributed by atoms with E-state index in [-0.39, 0.29) is 24.8 Å². The van der Waals surface area contributed by atoms with Gasteiger partial charge in [-0.3, -0.25) is 14.4 Å². The highest BCUT2D eigenvalue weighted by Gasteiger charge is 2.26. The molecule has 0 spiro atoms. The van der Waals surface area contributed by atoms with E-state index in [4.69, 9.17) is 10.8 Å². The highest BCUT2D eigenvalue weighted by Crippen LogP contribution is 2.07. The molecule has 0 aromatic rings. The van der Waals surface area contributed by atoms with E-state index in [1.54, 1.807) is 0 Å². The van der Waals surface area contributed by atoms with Gasteiger partial charge in [-0.15, -0.1) is 0 Å². The summed E-state index contributed by atoms with van der Waals surface area (Å²) in [5, 5.41) is 10.8. The fraction of sp³-hybridized carbons (Fsp3) is 0.667. The molecule has 1 rings (SSSR count). The van der Waals surface area contributed by atoms with E-state index in [2.05, 4.69) is 5.32 Å². The average molecular weight is 216 g/mol. The third kappa shape index (κ3) is 6.48. The van der Waals surface area contributed by atoms with E-state index in [1.165, 1.54) is 0 Å². The van der Waals surface area contributed by atoms with Crippen molar-refractivity contribution in [3.63, 3.8) is 0 Å². The van der Waals surface area contributed by atoms with Crippen LogP contribution in [0, 0.1) is 5.92 Å². The number of rotatable bonds is 3. The third-order valence-electron chi connectivity index (χ3n) is 1.82. The van der Waals surface area contributed by atoms with Crippen molar-refractivity contribution in [3.05, 3.63) is 0 Å². The fourth-order valence-corrected chi connectivity index (χ4v) is 1.03. The van der Waals surface area contributed by atoms with Crippen molar-refractivity contribution in [2.45, 2.75) is 26.2 Å².